The molecule has 0 saturated carbocycles. The number of thioether (sulfide) groups is 1. The van der Waals surface area contributed by atoms with Crippen LogP contribution < -0.4 is 4.72 Å². The van der Waals surface area contributed by atoms with Gasteiger partial charge in [0.15, 0.2) is 17.5 Å². The molecule has 0 aliphatic rings. The van der Waals surface area contributed by atoms with Gasteiger partial charge in [0.1, 0.15) is 0 Å². The van der Waals surface area contributed by atoms with E-state index in [0.29, 0.717) is 22.0 Å². The van der Waals surface area contributed by atoms with Gasteiger partial charge in [-0.2, -0.15) is 0 Å². The van der Waals surface area contributed by atoms with Gasteiger partial charge in [0.2, 0.25) is 15.8 Å². The number of hydrogen-bond acceptors (Lipinski definition) is 8. The van der Waals surface area contributed by atoms with Crippen LogP contribution in [0.2, 0.25) is 0 Å². The molecular weight excluding hydrogens is 434 g/mol. The lowest BCUT2D eigenvalue weighted by Crippen LogP contribution is -2.24. The van der Waals surface area contributed by atoms with E-state index in [1.807, 2.05) is 18.5 Å². The molecule has 154 valence electrons. The molecule has 1 N–H and O–H groups in total. The van der Waals surface area contributed by atoms with Crippen molar-refractivity contribution >= 4 is 50.4 Å². The van der Waals surface area contributed by atoms with Gasteiger partial charge in [-0.15, -0.1) is 11.3 Å². The third-order valence-corrected chi connectivity index (χ3v) is 6.47. The Balaban J connectivity index is 1.60. The van der Waals surface area contributed by atoms with Crippen LogP contribution in [0.1, 0.15) is 25.0 Å². The molecule has 0 unspecified atom stereocenters. The Bertz CT molecular complexity index is 1150. The van der Waals surface area contributed by atoms with Crippen molar-refractivity contribution in [1.29, 1.82) is 0 Å². The van der Waals surface area contributed by atoms with Crippen LogP contribution in [-0.2, 0) is 21.2 Å². The van der Waals surface area contributed by atoms with Gasteiger partial charge in [-0.3, -0.25) is 9.20 Å². The quantitative estimate of drug-likeness (QED) is 0.301. The first-order valence-corrected chi connectivity index (χ1v) is 12.5. The fourth-order valence-corrected chi connectivity index (χ4v) is 4.54. The lowest BCUT2D eigenvalue weighted by Gasteiger charge is -2.02. The first-order valence-electron chi connectivity index (χ1n) is 8.53. The highest BCUT2D eigenvalue weighted by Crippen LogP contribution is 2.21. The molecule has 8 nitrogen and oxygen atoms in total. The number of carbonyl (C=O) groups excluding carboxylic acids is 2. The Labute approximate surface area is 176 Å². The SMILES string of the molecule is CSc1nc(C(=O)OCC(=O)c2ccc(CCNS(C)(=O)=O)s2)c2ccccn12. The number of Topliss-reactive ketones (excluding diaryl/α,β-unsaturated/α-hetero) is 1. The normalized spacial score (nSPS) is 11.7. The van der Waals surface area contributed by atoms with Crippen LogP contribution in [0, 0.1) is 0 Å². The van der Waals surface area contributed by atoms with E-state index in [-0.39, 0.29) is 24.6 Å². The third-order valence-electron chi connectivity index (χ3n) is 3.90. The lowest BCUT2D eigenvalue weighted by atomic mass is 10.3. The average Bonchev–Trinajstić information content (AvgIpc) is 3.29. The number of aromatic nitrogens is 2. The van der Waals surface area contributed by atoms with Gasteiger partial charge in [0.05, 0.1) is 16.6 Å². The van der Waals surface area contributed by atoms with Crippen LogP contribution in [0.3, 0.4) is 0 Å². The van der Waals surface area contributed by atoms with E-state index in [4.69, 9.17) is 4.74 Å². The molecule has 0 bridgehead atoms. The number of hydrogen-bond donors (Lipinski definition) is 1. The number of pyridine rings is 1. The van der Waals surface area contributed by atoms with Crippen molar-refractivity contribution in [3.8, 4) is 0 Å². The molecule has 0 aliphatic carbocycles. The highest BCUT2D eigenvalue weighted by Gasteiger charge is 2.20. The van der Waals surface area contributed by atoms with Gasteiger partial charge in [0, 0.05) is 17.6 Å². The summed E-state index contributed by atoms with van der Waals surface area (Å²) < 4.78 is 31.6. The Morgan fingerprint density at radius 2 is 2.07 bits per heavy atom. The van der Waals surface area contributed by atoms with Crippen molar-refractivity contribution in [2.45, 2.75) is 11.6 Å². The highest BCUT2D eigenvalue weighted by molar-refractivity contribution is 7.98. The summed E-state index contributed by atoms with van der Waals surface area (Å²) in [5, 5.41) is 0.657. The highest BCUT2D eigenvalue weighted by atomic mass is 32.2. The van der Waals surface area contributed by atoms with E-state index < -0.39 is 16.0 Å². The Kier molecular flexibility index (Phi) is 6.73. The number of nitrogens with one attached hydrogen (secondary N) is 1. The number of sulfonamides is 1. The Morgan fingerprint density at radius 3 is 2.79 bits per heavy atom. The van der Waals surface area contributed by atoms with Crippen LogP contribution >= 0.6 is 23.1 Å². The minimum atomic E-state index is -3.24. The lowest BCUT2D eigenvalue weighted by molar-refractivity contribution is 0.0472. The average molecular weight is 454 g/mol. The van der Waals surface area contributed by atoms with E-state index in [0.717, 1.165) is 11.1 Å². The van der Waals surface area contributed by atoms with Crippen LogP contribution in [0.25, 0.3) is 5.52 Å². The van der Waals surface area contributed by atoms with E-state index in [1.54, 1.807) is 28.7 Å². The summed E-state index contributed by atoms with van der Waals surface area (Å²) in [4.78, 5) is 30.4. The van der Waals surface area contributed by atoms with Crippen LogP contribution in [-0.4, -0.2) is 55.2 Å². The number of rotatable bonds is 9. The maximum atomic E-state index is 12.4. The van der Waals surface area contributed by atoms with Gasteiger partial charge in [-0.05, 0) is 36.9 Å². The summed E-state index contributed by atoms with van der Waals surface area (Å²) >= 11 is 2.66. The molecule has 0 amide bonds. The van der Waals surface area contributed by atoms with Gasteiger partial charge < -0.3 is 4.74 Å². The maximum Gasteiger partial charge on any atom is 0.359 e. The minimum Gasteiger partial charge on any atom is -0.452 e. The van der Waals surface area contributed by atoms with E-state index in [1.165, 1.54) is 23.1 Å². The van der Waals surface area contributed by atoms with Crippen molar-refractivity contribution < 1.29 is 22.7 Å². The summed E-state index contributed by atoms with van der Waals surface area (Å²) in [6, 6.07) is 8.81. The molecule has 11 heteroatoms. The van der Waals surface area contributed by atoms with Crippen molar-refractivity contribution in [2.24, 2.45) is 0 Å². The zero-order valence-electron chi connectivity index (χ0n) is 15.7. The molecule has 0 atom stereocenters. The van der Waals surface area contributed by atoms with E-state index >= 15 is 0 Å². The Morgan fingerprint density at radius 1 is 1.28 bits per heavy atom. The zero-order chi connectivity index (χ0) is 21.0. The van der Waals surface area contributed by atoms with Gasteiger partial charge in [-0.25, -0.2) is 22.9 Å². The number of imidazole rings is 1. The first kappa shape index (κ1) is 21.5. The van der Waals surface area contributed by atoms with E-state index in [9.17, 15) is 18.0 Å². The Hall–Kier alpha value is -2.21. The number of nitrogens with zero attached hydrogens (tertiary/aromatic N) is 2. The minimum absolute atomic E-state index is 0.168. The van der Waals surface area contributed by atoms with Crippen molar-refractivity contribution in [1.82, 2.24) is 14.1 Å². The number of carbonyl (C=O) groups is 2. The molecule has 3 rings (SSSR count). The van der Waals surface area contributed by atoms with Crippen molar-refractivity contribution in [3.05, 3.63) is 52.0 Å². The molecule has 29 heavy (non-hydrogen) atoms. The van der Waals surface area contributed by atoms with Gasteiger partial charge in [0.25, 0.3) is 0 Å². The molecule has 0 fully saturated rings. The molecule has 3 aromatic rings. The predicted octanol–water partition coefficient (Wildman–Crippen LogP) is 2.25. The third kappa shape index (κ3) is 5.44. The van der Waals surface area contributed by atoms with Gasteiger partial charge >= 0.3 is 5.97 Å². The van der Waals surface area contributed by atoms with Crippen molar-refractivity contribution in [2.75, 3.05) is 25.7 Å². The topological polar surface area (TPSA) is 107 Å². The van der Waals surface area contributed by atoms with Crippen molar-refractivity contribution in [3.63, 3.8) is 0 Å². The molecule has 3 heterocycles. The summed E-state index contributed by atoms with van der Waals surface area (Å²) in [6.07, 6.45) is 5.24. The maximum absolute atomic E-state index is 12.4. The largest absolute Gasteiger partial charge is 0.452 e. The molecule has 0 spiro atoms. The number of esters is 1. The summed E-state index contributed by atoms with van der Waals surface area (Å²) in [5.41, 5.74) is 0.785. The first-order chi connectivity index (χ1) is 13.8. The standard InChI is InChI=1S/C18H19N3O5S3/c1-27-18-20-16(13-5-3-4-10-21(13)18)17(23)26-11-14(22)15-7-6-12(28-15)8-9-19-29(2,24)25/h3-7,10,19H,8-9,11H2,1-2H3. The molecule has 3 aromatic heterocycles. The molecular formula is C18H19N3O5S3. The van der Waals surface area contributed by atoms with E-state index in [2.05, 4.69) is 9.71 Å². The second-order valence-electron chi connectivity index (χ2n) is 6.08. The fourth-order valence-electron chi connectivity index (χ4n) is 2.60. The smallest absolute Gasteiger partial charge is 0.359 e. The summed E-state index contributed by atoms with van der Waals surface area (Å²) in [5.74, 6) is -0.976. The number of thiophene rings is 1. The fraction of sp³-hybridized carbons (Fsp3) is 0.278. The summed E-state index contributed by atoms with van der Waals surface area (Å²) in [6.45, 7) is -0.131. The monoisotopic (exact) mass is 453 g/mol. The van der Waals surface area contributed by atoms with Gasteiger partial charge in [-0.1, -0.05) is 17.8 Å². The zero-order valence-corrected chi connectivity index (χ0v) is 18.2. The second-order valence-corrected chi connectivity index (χ2v) is 9.86. The molecule has 0 aliphatic heterocycles. The second kappa shape index (κ2) is 9.08. The predicted molar refractivity (Wildman–Crippen MR) is 112 cm³/mol. The van der Waals surface area contributed by atoms with Crippen LogP contribution in [0.4, 0.5) is 0 Å². The molecule has 0 radical (unpaired) electrons. The summed E-state index contributed by atoms with van der Waals surface area (Å²) in [7, 11) is -3.24. The molecule has 0 saturated heterocycles. The van der Waals surface area contributed by atoms with Crippen LogP contribution in [0.15, 0.2) is 41.7 Å². The molecule has 0 aromatic carbocycles. The van der Waals surface area contributed by atoms with Crippen LogP contribution in [0.5, 0.6) is 0 Å². The number of fused-ring (bicyclic) bond motifs is 1. The number of ether oxygens (including phenoxy) is 1. The number of ketones is 1.